The maximum atomic E-state index is 11.1. The van der Waals surface area contributed by atoms with E-state index in [4.69, 9.17) is 5.73 Å². The summed E-state index contributed by atoms with van der Waals surface area (Å²) in [6, 6.07) is 0. The predicted molar refractivity (Wildman–Crippen MR) is 39.5 cm³/mol. The third-order valence-electron chi connectivity index (χ3n) is 1.91. The van der Waals surface area contributed by atoms with Crippen LogP contribution in [0.2, 0.25) is 0 Å². The van der Waals surface area contributed by atoms with Crippen LogP contribution < -0.4 is 5.73 Å². The normalized spacial score (nSPS) is 27.8. The van der Waals surface area contributed by atoms with Crippen molar-refractivity contribution in [2.24, 2.45) is 17.6 Å². The highest BCUT2D eigenvalue weighted by atomic mass is 16.2. The van der Waals surface area contributed by atoms with Crippen molar-refractivity contribution >= 4 is 11.8 Å². The molecule has 0 heterocycles. The lowest BCUT2D eigenvalue weighted by molar-refractivity contribution is -0.132. The molecule has 0 saturated heterocycles. The van der Waals surface area contributed by atoms with Crippen molar-refractivity contribution in [2.45, 2.75) is 6.42 Å². The smallest absolute Gasteiger partial charge is 0.225 e. The van der Waals surface area contributed by atoms with E-state index in [0.29, 0.717) is 6.42 Å². The molecule has 1 aliphatic carbocycles. The van der Waals surface area contributed by atoms with E-state index in [2.05, 4.69) is 0 Å². The molecule has 0 radical (unpaired) electrons. The minimum Gasteiger partial charge on any atom is -0.369 e. The molecule has 2 unspecified atom stereocenters. The van der Waals surface area contributed by atoms with Gasteiger partial charge in [-0.2, -0.15) is 0 Å². The quantitative estimate of drug-likeness (QED) is 0.568. The Morgan fingerprint density at radius 1 is 1.36 bits per heavy atom. The van der Waals surface area contributed by atoms with Crippen molar-refractivity contribution in [3.05, 3.63) is 0 Å². The topological polar surface area (TPSA) is 63.4 Å². The minimum atomic E-state index is -0.356. The molecule has 62 valence electrons. The highest BCUT2D eigenvalue weighted by Gasteiger charge is 2.47. The van der Waals surface area contributed by atoms with Gasteiger partial charge in [0.15, 0.2) is 0 Å². The van der Waals surface area contributed by atoms with Crippen LogP contribution in [-0.4, -0.2) is 30.8 Å². The van der Waals surface area contributed by atoms with Crippen molar-refractivity contribution in [3.63, 3.8) is 0 Å². The summed E-state index contributed by atoms with van der Waals surface area (Å²) in [5, 5.41) is 0. The Hall–Kier alpha value is -1.06. The molecule has 2 atom stereocenters. The first-order valence-electron chi connectivity index (χ1n) is 3.54. The van der Waals surface area contributed by atoms with Gasteiger partial charge in [0.1, 0.15) is 0 Å². The van der Waals surface area contributed by atoms with Crippen LogP contribution >= 0.6 is 0 Å². The Balaban J connectivity index is 2.44. The van der Waals surface area contributed by atoms with Gasteiger partial charge in [0.05, 0.1) is 11.8 Å². The fraction of sp³-hybridized carbons (Fsp3) is 0.714. The van der Waals surface area contributed by atoms with Crippen molar-refractivity contribution in [1.82, 2.24) is 4.90 Å². The molecule has 2 amide bonds. The van der Waals surface area contributed by atoms with Crippen LogP contribution in [-0.2, 0) is 9.59 Å². The molecular formula is C7H12N2O2. The first-order valence-corrected chi connectivity index (χ1v) is 3.54. The number of carbonyl (C=O) groups excluding carboxylic acids is 2. The van der Waals surface area contributed by atoms with E-state index in [1.807, 2.05) is 0 Å². The van der Waals surface area contributed by atoms with Gasteiger partial charge >= 0.3 is 0 Å². The predicted octanol–water partition coefficient (Wildman–Crippen LogP) is -0.804. The second kappa shape index (κ2) is 2.53. The molecule has 1 fully saturated rings. The van der Waals surface area contributed by atoms with Crippen LogP contribution in [0.5, 0.6) is 0 Å². The van der Waals surface area contributed by atoms with E-state index in [1.165, 1.54) is 4.90 Å². The zero-order valence-corrected chi connectivity index (χ0v) is 6.70. The minimum absolute atomic E-state index is 0.00815. The molecule has 4 heteroatoms. The lowest BCUT2D eigenvalue weighted by Crippen LogP contribution is -2.26. The number of nitrogens with two attached hydrogens (primary N) is 1. The van der Waals surface area contributed by atoms with Crippen LogP contribution in [0.25, 0.3) is 0 Å². The van der Waals surface area contributed by atoms with Crippen molar-refractivity contribution in [1.29, 1.82) is 0 Å². The van der Waals surface area contributed by atoms with Crippen molar-refractivity contribution < 1.29 is 9.59 Å². The average Bonchev–Trinajstić information content (AvgIpc) is 2.63. The van der Waals surface area contributed by atoms with E-state index < -0.39 is 0 Å². The van der Waals surface area contributed by atoms with E-state index in [-0.39, 0.29) is 23.7 Å². The number of rotatable bonds is 2. The zero-order valence-electron chi connectivity index (χ0n) is 6.70. The fourth-order valence-corrected chi connectivity index (χ4v) is 1.11. The molecule has 0 bridgehead atoms. The van der Waals surface area contributed by atoms with Gasteiger partial charge in [-0.05, 0) is 6.42 Å². The third kappa shape index (κ3) is 1.50. The molecule has 1 rings (SSSR count). The maximum Gasteiger partial charge on any atom is 0.225 e. The Morgan fingerprint density at radius 2 is 1.91 bits per heavy atom. The molecule has 1 saturated carbocycles. The molecule has 11 heavy (non-hydrogen) atoms. The van der Waals surface area contributed by atoms with E-state index in [0.717, 1.165) is 0 Å². The van der Waals surface area contributed by atoms with Gasteiger partial charge in [0, 0.05) is 14.1 Å². The molecular weight excluding hydrogens is 144 g/mol. The number of carbonyl (C=O) groups is 2. The summed E-state index contributed by atoms with van der Waals surface area (Å²) in [4.78, 5) is 23.2. The number of nitrogens with zero attached hydrogens (tertiary/aromatic N) is 1. The second-order valence-electron chi connectivity index (χ2n) is 3.08. The fourth-order valence-electron chi connectivity index (χ4n) is 1.11. The second-order valence-corrected chi connectivity index (χ2v) is 3.08. The van der Waals surface area contributed by atoms with Gasteiger partial charge in [-0.3, -0.25) is 9.59 Å². The molecule has 0 aromatic rings. The number of hydrogen-bond donors (Lipinski definition) is 1. The van der Waals surface area contributed by atoms with E-state index >= 15 is 0 Å². The first-order chi connectivity index (χ1) is 5.04. The summed E-state index contributed by atoms with van der Waals surface area (Å²) >= 11 is 0. The van der Waals surface area contributed by atoms with Crippen LogP contribution in [0.15, 0.2) is 0 Å². The average molecular weight is 156 g/mol. The molecule has 0 aromatic heterocycles. The van der Waals surface area contributed by atoms with Crippen LogP contribution in [0.3, 0.4) is 0 Å². The van der Waals surface area contributed by atoms with Crippen LogP contribution in [0.1, 0.15) is 6.42 Å². The summed E-state index contributed by atoms with van der Waals surface area (Å²) in [5.41, 5.74) is 5.02. The Bertz CT molecular complexity index is 201. The van der Waals surface area contributed by atoms with Gasteiger partial charge in [0.2, 0.25) is 11.8 Å². The van der Waals surface area contributed by atoms with Crippen LogP contribution in [0, 0.1) is 11.8 Å². The summed E-state index contributed by atoms with van der Waals surface area (Å²) in [6.07, 6.45) is 0.631. The largest absolute Gasteiger partial charge is 0.369 e. The molecule has 2 N–H and O–H groups in total. The Kier molecular flexibility index (Phi) is 1.85. The standard InChI is InChI=1S/C7H12N2O2/c1-9(2)7(11)5-3-4(5)6(8)10/h4-5H,3H2,1-2H3,(H2,8,10). The first kappa shape index (κ1) is 8.04. The molecule has 0 aliphatic heterocycles. The highest BCUT2D eigenvalue weighted by molar-refractivity contribution is 5.91. The van der Waals surface area contributed by atoms with E-state index in [9.17, 15) is 9.59 Å². The van der Waals surface area contributed by atoms with E-state index in [1.54, 1.807) is 14.1 Å². The maximum absolute atomic E-state index is 11.1. The Labute approximate surface area is 65.3 Å². The summed E-state index contributed by atoms with van der Waals surface area (Å²) in [5.74, 6) is -0.689. The molecule has 4 nitrogen and oxygen atoms in total. The van der Waals surface area contributed by atoms with Gasteiger partial charge in [0.25, 0.3) is 0 Å². The number of primary amides is 1. The van der Waals surface area contributed by atoms with Gasteiger partial charge in [-0.25, -0.2) is 0 Å². The van der Waals surface area contributed by atoms with Gasteiger partial charge in [-0.15, -0.1) is 0 Å². The molecule has 0 spiro atoms. The SMILES string of the molecule is CN(C)C(=O)C1CC1C(N)=O. The molecule has 1 aliphatic rings. The van der Waals surface area contributed by atoms with Crippen molar-refractivity contribution in [3.8, 4) is 0 Å². The highest BCUT2D eigenvalue weighted by Crippen LogP contribution is 2.38. The molecule has 0 aromatic carbocycles. The number of amides is 2. The van der Waals surface area contributed by atoms with Gasteiger partial charge in [-0.1, -0.05) is 0 Å². The lowest BCUT2D eigenvalue weighted by Gasteiger charge is -2.08. The summed E-state index contributed by atoms with van der Waals surface area (Å²) < 4.78 is 0. The monoisotopic (exact) mass is 156 g/mol. The lowest BCUT2D eigenvalue weighted by atomic mass is 10.3. The number of hydrogen-bond acceptors (Lipinski definition) is 2. The summed E-state index contributed by atoms with van der Waals surface area (Å²) in [7, 11) is 3.36. The zero-order chi connectivity index (χ0) is 8.59. The van der Waals surface area contributed by atoms with Crippen LogP contribution in [0.4, 0.5) is 0 Å². The van der Waals surface area contributed by atoms with Crippen molar-refractivity contribution in [2.75, 3.05) is 14.1 Å². The summed E-state index contributed by atoms with van der Waals surface area (Å²) in [6.45, 7) is 0. The Morgan fingerprint density at radius 3 is 2.18 bits per heavy atom. The van der Waals surface area contributed by atoms with Gasteiger partial charge < -0.3 is 10.6 Å². The third-order valence-corrected chi connectivity index (χ3v) is 1.91.